The monoisotopic (exact) mass is 417 g/mol. The molecule has 5 rings (SSSR count). The van der Waals surface area contributed by atoms with Crippen molar-refractivity contribution in [2.45, 2.75) is 0 Å². The van der Waals surface area contributed by atoms with E-state index in [4.69, 9.17) is 16.6 Å². The van der Waals surface area contributed by atoms with E-state index in [0.717, 1.165) is 59.8 Å². The van der Waals surface area contributed by atoms with Gasteiger partial charge in [0.1, 0.15) is 11.3 Å². The molecule has 2 N–H and O–H groups in total. The van der Waals surface area contributed by atoms with Crippen LogP contribution >= 0.6 is 11.6 Å². The van der Waals surface area contributed by atoms with Crippen molar-refractivity contribution in [2.75, 3.05) is 36.4 Å². The molecule has 1 saturated heterocycles. The van der Waals surface area contributed by atoms with Gasteiger partial charge in [-0.05, 0) is 30.3 Å². The maximum Gasteiger partial charge on any atom is 0.227 e. The fraction of sp³-hybridized carbons (Fsp3) is 0.182. The summed E-state index contributed by atoms with van der Waals surface area (Å²) in [4.78, 5) is 20.6. The summed E-state index contributed by atoms with van der Waals surface area (Å²) in [5.74, 6) is 1.48. The number of hydrogen-bond acceptors (Lipinski definition) is 7. The molecule has 0 amide bonds. The SMILES string of the molecule is Clc1cccc(-c2nccc3cnc(Nc4ccc(N5CCNCC5)nc4)nc23)c1. The Hall–Kier alpha value is -3.29. The molecule has 150 valence electrons. The third kappa shape index (κ3) is 3.90. The van der Waals surface area contributed by atoms with Crippen LogP contribution in [0.2, 0.25) is 5.02 Å². The summed E-state index contributed by atoms with van der Waals surface area (Å²) in [5.41, 5.74) is 3.29. The summed E-state index contributed by atoms with van der Waals surface area (Å²) in [7, 11) is 0. The van der Waals surface area contributed by atoms with E-state index in [1.165, 1.54) is 0 Å². The Morgan fingerprint density at radius 1 is 0.967 bits per heavy atom. The van der Waals surface area contributed by atoms with Gasteiger partial charge in [0.15, 0.2) is 0 Å². The molecule has 0 aliphatic carbocycles. The molecule has 1 aromatic carbocycles. The molecular weight excluding hydrogens is 398 g/mol. The molecule has 30 heavy (non-hydrogen) atoms. The fourth-order valence-electron chi connectivity index (χ4n) is 3.53. The number of piperazine rings is 1. The van der Waals surface area contributed by atoms with Crippen molar-refractivity contribution in [3.05, 3.63) is 66.1 Å². The van der Waals surface area contributed by atoms with Gasteiger partial charge in [-0.3, -0.25) is 4.98 Å². The summed E-state index contributed by atoms with van der Waals surface area (Å²) >= 11 is 6.17. The number of aromatic nitrogens is 4. The topological polar surface area (TPSA) is 78.9 Å². The summed E-state index contributed by atoms with van der Waals surface area (Å²) in [6.07, 6.45) is 5.36. The van der Waals surface area contributed by atoms with Gasteiger partial charge in [-0.1, -0.05) is 23.7 Å². The minimum Gasteiger partial charge on any atom is -0.354 e. The Kier molecular flexibility index (Phi) is 5.13. The number of nitrogens with one attached hydrogen (secondary N) is 2. The van der Waals surface area contributed by atoms with Gasteiger partial charge >= 0.3 is 0 Å². The van der Waals surface area contributed by atoms with E-state index < -0.39 is 0 Å². The second kappa shape index (κ2) is 8.22. The van der Waals surface area contributed by atoms with Crippen LogP contribution in [0.4, 0.5) is 17.5 Å². The van der Waals surface area contributed by atoms with Crippen LogP contribution in [0.25, 0.3) is 22.2 Å². The van der Waals surface area contributed by atoms with Crippen LogP contribution < -0.4 is 15.5 Å². The Bertz CT molecular complexity index is 1170. The van der Waals surface area contributed by atoms with Gasteiger partial charge in [-0.2, -0.15) is 0 Å². The van der Waals surface area contributed by atoms with Crippen molar-refractivity contribution in [3.63, 3.8) is 0 Å². The van der Waals surface area contributed by atoms with Crippen molar-refractivity contribution in [1.82, 2.24) is 25.3 Å². The molecule has 0 atom stereocenters. The highest BCUT2D eigenvalue weighted by Crippen LogP contribution is 2.28. The molecule has 7 nitrogen and oxygen atoms in total. The summed E-state index contributed by atoms with van der Waals surface area (Å²) < 4.78 is 0. The van der Waals surface area contributed by atoms with E-state index in [-0.39, 0.29) is 0 Å². The van der Waals surface area contributed by atoms with E-state index >= 15 is 0 Å². The molecule has 8 heteroatoms. The lowest BCUT2D eigenvalue weighted by Crippen LogP contribution is -2.43. The predicted molar refractivity (Wildman–Crippen MR) is 120 cm³/mol. The quantitative estimate of drug-likeness (QED) is 0.521. The molecule has 0 bridgehead atoms. The van der Waals surface area contributed by atoms with Crippen molar-refractivity contribution in [3.8, 4) is 11.3 Å². The van der Waals surface area contributed by atoms with Gasteiger partial charge in [0.25, 0.3) is 0 Å². The third-order valence-electron chi connectivity index (χ3n) is 5.04. The molecule has 1 aliphatic rings. The molecule has 1 fully saturated rings. The first-order valence-corrected chi connectivity index (χ1v) is 10.2. The fourth-order valence-corrected chi connectivity index (χ4v) is 3.72. The van der Waals surface area contributed by atoms with Crippen LogP contribution in [-0.2, 0) is 0 Å². The second-order valence-electron chi connectivity index (χ2n) is 7.07. The van der Waals surface area contributed by atoms with Crippen LogP contribution in [0.1, 0.15) is 0 Å². The number of benzene rings is 1. The molecule has 3 aromatic heterocycles. The van der Waals surface area contributed by atoms with Gasteiger partial charge in [0.2, 0.25) is 5.95 Å². The van der Waals surface area contributed by atoms with E-state index in [2.05, 4.69) is 30.5 Å². The number of nitrogens with zero attached hydrogens (tertiary/aromatic N) is 5. The van der Waals surface area contributed by atoms with Crippen molar-refractivity contribution >= 4 is 40.0 Å². The van der Waals surface area contributed by atoms with E-state index in [1.54, 1.807) is 12.4 Å². The molecule has 0 saturated carbocycles. The number of rotatable bonds is 4. The maximum atomic E-state index is 6.17. The first kappa shape index (κ1) is 18.7. The average Bonchev–Trinajstić information content (AvgIpc) is 2.80. The first-order valence-electron chi connectivity index (χ1n) is 9.83. The van der Waals surface area contributed by atoms with E-state index in [9.17, 15) is 0 Å². The zero-order valence-corrected chi connectivity index (χ0v) is 17.0. The highest BCUT2D eigenvalue weighted by molar-refractivity contribution is 6.30. The third-order valence-corrected chi connectivity index (χ3v) is 5.28. The number of anilines is 3. The first-order chi connectivity index (χ1) is 14.8. The predicted octanol–water partition coefficient (Wildman–Crippen LogP) is 3.89. The Morgan fingerprint density at radius 3 is 2.67 bits per heavy atom. The van der Waals surface area contributed by atoms with Gasteiger partial charge in [-0.25, -0.2) is 15.0 Å². The van der Waals surface area contributed by atoms with Crippen LogP contribution in [0.15, 0.2) is 61.1 Å². The molecule has 0 unspecified atom stereocenters. The molecule has 0 spiro atoms. The van der Waals surface area contributed by atoms with Crippen LogP contribution in [0.5, 0.6) is 0 Å². The number of hydrogen-bond donors (Lipinski definition) is 2. The van der Waals surface area contributed by atoms with Gasteiger partial charge in [0, 0.05) is 54.5 Å². The Balaban J connectivity index is 1.43. The lowest BCUT2D eigenvalue weighted by atomic mass is 10.1. The summed E-state index contributed by atoms with van der Waals surface area (Å²) in [5, 5.41) is 8.17. The Morgan fingerprint density at radius 2 is 1.87 bits per heavy atom. The van der Waals surface area contributed by atoms with E-state index in [0.29, 0.717) is 11.0 Å². The van der Waals surface area contributed by atoms with Gasteiger partial charge in [-0.15, -0.1) is 0 Å². The highest BCUT2D eigenvalue weighted by Gasteiger charge is 2.12. The molecule has 1 aliphatic heterocycles. The smallest absolute Gasteiger partial charge is 0.227 e. The largest absolute Gasteiger partial charge is 0.354 e. The van der Waals surface area contributed by atoms with Crippen LogP contribution in [0, 0.1) is 0 Å². The standard InChI is InChI=1S/C22H20ClN7/c23-17-3-1-2-15(12-17)20-21-16(6-7-25-20)13-27-22(29-21)28-18-4-5-19(26-14-18)30-10-8-24-9-11-30/h1-7,12-14,24H,8-11H2,(H,27,28,29). The second-order valence-corrected chi connectivity index (χ2v) is 7.50. The average molecular weight is 418 g/mol. The number of pyridine rings is 2. The van der Waals surface area contributed by atoms with E-state index in [1.807, 2.05) is 48.7 Å². The lowest BCUT2D eigenvalue weighted by molar-refractivity contribution is 0.585. The van der Waals surface area contributed by atoms with Crippen molar-refractivity contribution in [2.24, 2.45) is 0 Å². The highest BCUT2D eigenvalue weighted by atomic mass is 35.5. The number of fused-ring (bicyclic) bond motifs is 1. The molecule has 4 aromatic rings. The van der Waals surface area contributed by atoms with Gasteiger partial charge in [0.05, 0.1) is 17.6 Å². The summed E-state index contributed by atoms with van der Waals surface area (Å²) in [6, 6.07) is 13.5. The Labute approximate surface area is 179 Å². The normalized spacial score (nSPS) is 14.1. The molecule has 4 heterocycles. The van der Waals surface area contributed by atoms with Crippen molar-refractivity contribution in [1.29, 1.82) is 0 Å². The minimum atomic E-state index is 0.496. The van der Waals surface area contributed by atoms with Gasteiger partial charge < -0.3 is 15.5 Å². The minimum absolute atomic E-state index is 0.496. The maximum absolute atomic E-state index is 6.17. The van der Waals surface area contributed by atoms with Crippen LogP contribution in [-0.4, -0.2) is 46.1 Å². The molecular formula is C22H20ClN7. The zero-order valence-electron chi connectivity index (χ0n) is 16.2. The zero-order chi connectivity index (χ0) is 20.3. The van der Waals surface area contributed by atoms with Crippen LogP contribution in [0.3, 0.4) is 0 Å². The summed E-state index contributed by atoms with van der Waals surface area (Å²) in [6.45, 7) is 3.89. The van der Waals surface area contributed by atoms with Crippen molar-refractivity contribution < 1.29 is 0 Å². The lowest BCUT2D eigenvalue weighted by Gasteiger charge is -2.28. The molecule has 0 radical (unpaired) electrons. The number of halogens is 1.